The molecule has 0 aliphatic carbocycles. The van der Waals surface area contributed by atoms with Crippen LogP contribution in [0.15, 0.2) is 23.1 Å². The molecule has 27 heavy (non-hydrogen) atoms. The molecule has 0 bridgehead atoms. The Balaban J connectivity index is 1.84. The predicted molar refractivity (Wildman–Crippen MR) is 100 cm³/mol. The van der Waals surface area contributed by atoms with Crippen molar-refractivity contribution in [1.82, 2.24) is 14.5 Å². The molecule has 2 aliphatic heterocycles. The van der Waals surface area contributed by atoms with Gasteiger partial charge in [0.15, 0.2) is 0 Å². The van der Waals surface area contributed by atoms with E-state index in [1.165, 1.54) is 11.4 Å². The maximum atomic E-state index is 13.0. The molecule has 0 unspecified atom stereocenters. The average molecular weight is 397 g/mol. The summed E-state index contributed by atoms with van der Waals surface area (Å²) < 4.78 is 38.0. The molecular weight excluding hydrogens is 370 g/mol. The molecule has 1 amide bonds. The van der Waals surface area contributed by atoms with Crippen molar-refractivity contribution in [3.8, 4) is 5.75 Å². The highest BCUT2D eigenvalue weighted by Gasteiger charge is 2.30. The Kier molecular flexibility index (Phi) is 6.36. The number of ether oxygens (including phenoxy) is 2. The Hall–Kier alpha value is -1.68. The normalized spacial score (nSPS) is 21.9. The summed E-state index contributed by atoms with van der Waals surface area (Å²) >= 11 is 0. The smallest absolute Gasteiger partial charge is 0.246 e. The van der Waals surface area contributed by atoms with E-state index < -0.39 is 10.0 Å². The number of carbonyl (C=O) groups excluding carboxylic acids is 1. The van der Waals surface area contributed by atoms with Gasteiger partial charge in [-0.25, -0.2) is 8.42 Å². The fraction of sp³-hybridized carbons (Fsp3) is 0.611. The molecule has 1 atom stereocenters. The second-order valence-electron chi connectivity index (χ2n) is 6.82. The van der Waals surface area contributed by atoms with Gasteiger partial charge >= 0.3 is 0 Å². The zero-order valence-corrected chi connectivity index (χ0v) is 16.6. The van der Waals surface area contributed by atoms with Gasteiger partial charge in [0.25, 0.3) is 0 Å². The second kappa shape index (κ2) is 8.55. The third-order valence-electron chi connectivity index (χ3n) is 4.99. The first kappa shape index (κ1) is 20.1. The Bertz CT molecular complexity index is 777. The van der Waals surface area contributed by atoms with Crippen molar-refractivity contribution in [1.29, 1.82) is 0 Å². The van der Waals surface area contributed by atoms with E-state index in [9.17, 15) is 13.2 Å². The summed E-state index contributed by atoms with van der Waals surface area (Å²) in [6, 6.07) is 5.06. The fourth-order valence-electron chi connectivity index (χ4n) is 3.45. The van der Waals surface area contributed by atoms with Gasteiger partial charge in [0, 0.05) is 38.8 Å². The van der Waals surface area contributed by atoms with Crippen LogP contribution in [-0.2, 0) is 26.0 Å². The third-order valence-corrected chi connectivity index (χ3v) is 6.91. The van der Waals surface area contributed by atoms with E-state index in [-0.39, 0.29) is 29.0 Å². The van der Waals surface area contributed by atoms with Crippen LogP contribution in [0.1, 0.15) is 12.5 Å². The maximum Gasteiger partial charge on any atom is 0.246 e. The summed E-state index contributed by atoms with van der Waals surface area (Å²) in [5.74, 6) is 0.289. The molecule has 2 heterocycles. The van der Waals surface area contributed by atoms with E-state index in [0.717, 1.165) is 13.1 Å². The molecule has 1 aromatic carbocycles. The molecule has 2 aliphatic rings. The van der Waals surface area contributed by atoms with Crippen LogP contribution in [0.25, 0.3) is 0 Å². The van der Waals surface area contributed by atoms with Gasteiger partial charge in [-0.2, -0.15) is 4.31 Å². The molecule has 0 aromatic heterocycles. The number of nitrogens with zero attached hydrogens (tertiary/aromatic N) is 2. The largest absolute Gasteiger partial charge is 0.495 e. The molecule has 3 rings (SSSR count). The highest BCUT2D eigenvalue weighted by Crippen LogP contribution is 2.28. The van der Waals surface area contributed by atoms with E-state index >= 15 is 0 Å². The van der Waals surface area contributed by atoms with Crippen LogP contribution < -0.4 is 10.1 Å². The van der Waals surface area contributed by atoms with Crippen molar-refractivity contribution in [3.05, 3.63) is 23.8 Å². The molecule has 1 aromatic rings. The monoisotopic (exact) mass is 397 g/mol. The number of sulfonamides is 1. The molecule has 0 saturated carbocycles. The lowest BCUT2D eigenvalue weighted by Crippen LogP contribution is -2.52. The number of methoxy groups -OCH3 is 1. The van der Waals surface area contributed by atoms with Crippen LogP contribution in [0.2, 0.25) is 0 Å². The standard InChI is InChI=1S/C18H27N3O5S/c1-14-13-19-5-6-21(14)18(22)12-15-3-4-16(25-2)17(11-15)27(23,24)20-7-9-26-10-8-20/h3-4,11,14,19H,5-10,12-13H2,1-2H3/t14-/m0/s1. The van der Waals surface area contributed by atoms with Crippen molar-refractivity contribution in [2.75, 3.05) is 53.0 Å². The lowest BCUT2D eigenvalue weighted by atomic mass is 10.1. The Labute approximate surface area is 160 Å². The first-order chi connectivity index (χ1) is 12.9. The number of nitrogens with one attached hydrogen (secondary N) is 1. The van der Waals surface area contributed by atoms with Crippen molar-refractivity contribution in [2.24, 2.45) is 0 Å². The number of rotatable bonds is 5. The zero-order chi connectivity index (χ0) is 19.4. The van der Waals surface area contributed by atoms with E-state index in [2.05, 4.69) is 5.32 Å². The van der Waals surface area contributed by atoms with Gasteiger partial charge in [0.05, 0.1) is 26.7 Å². The minimum atomic E-state index is -3.71. The van der Waals surface area contributed by atoms with E-state index in [1.807, 2.05) is 11.8 Å². The molecule has 2 saturated heterocycles. The average Bonchev–Trinajstić information content (AvgIpc) is 2.69. The summed E-state index contributed by atoms with van der Waals surface area (Å²) in [4.78, 5) is 14.6. The quantitative estimate of drug-likeness (QED) is 0.757. The topological polar surface area (TPSA) is 88.2 Å². The number of carbonyl (C=O) groups is 1. The van der Waals surface area contributed by atoms with E-state index in [4.69, 9.17) is 9.47 Å². The zero-order valence-electron chi connectivity index (χ0n) is 15.8. The Morgan fingerprint density at radius 2 is 2.04 bits per heavy atom. The fourth-order valence-corrected chi connectivity index (χ4v) is 5.06. The van der Waals surface area contributed by atoms with Gasteiger partial charge in [-0.1, -0.05) is 6.07 Å². The number of hydrogen-bond donors (Lipinski definition) is 1. The van der Waals surface area contributed by atoms with E-state index in [0.29, 0.717) is 38.4 Å². The van der Waals surface area contributed by atoms with Crippen LogP contribution >= 0.6 is 0 Å². The SMILES string of the molecule is COc1ccc(CC(=O)N2CCNC[C@@H]2C)cc1S(=O)(=O)N1CCOCC1. The Morgan fingerprint density at radius 3 is 2.70 bits per heavy atom. The van der Waals surface area contributed by atoms with Gasteiger partial charge in [0.1, 0.15) is 10.6 Å². The Morgan fingerprint density at radius 1 is 1.30 bits per heavy atom. The van der Waals surface area contributed by atoms with Crippen molar-refractivity contribution < 1.29 is 22.7 Å². The number of amides is 1. The molecule has 8 nitrogen and oxygen atoms in total. The van der Waals surface area contributed by atoms with Gasteiger partial charge in [0.2, 0.25) is 15.9 Å². The molecule has 9 heteroatoms. The summed E-state index contributed by atoms with van der Waals surface area (Å²) in [6.07, 6.45) is 0.167. The molecule has 150 valence electrons. The van der Waals surface area contributed by atoms with Gasteiger partial charge in [-0.05, 0) is 24.6 Å². The number of benzene rings is 1. The first-order valence-corrected chi connectivity index (χ1v) is 10.6. The number of piperazine rings is 1. The van der Waals surface area contributed by atoms with Crippen LogP contribution in [0, 0.1) is 0 Å². The molecule has 0 radical (unpaired) electrons. The van der Waals surface area contributed by atoms with E-state index in [1.54, 1.807) is 18.2 Å². The van der Waals surface area contributed by atoms with Crippen LogP contribution in [0.4, 0.5) is 0 Å². The third kappa shape index (κ3) is 4.43. The molecule has 1 N–H and O–H groups in total. The van der Waals surface area contributed by atoms with Crippen molar-refractivity contribution in [3.63, 3.8) is 0 Å². The minimum absolute atomic E-state index is 0.00360. The highest BCUT2D eigenvalue weighted by molar-refractivity contribution is 7.89. The van der Waals surface area contributed by atoms with Crippen molar-refractivity contribution in [2.45, 2.75) is 24.3 Å². The first-order valence-electron chi connectivity index (χ1n) is 9.18. The van der Waals surface area contributed by atoms with Gasteiger partial charge in [-0.3, -0.25) is 4.79 Å². The number of morpholine rings is 1. The van der Waals surface area contributed by atoms with Crippen molar-refractivity contribution >= 4 is 15.9 Å². The maximum absolute atomic E-state index is 13.0. The molecule has 0 spiro atoms. The summed E-state index contributed by atoms with van der Waals surface area (Å²) in [5.41, 5.74) is 0.665. The minimum Gasteiger partial charge on any atom is -0.495 e. The lowest BCUT2D eigenvalue weighted by molar-refractivity contribution is -0.133. The summed E-state index contributed by atoms with van der Waals surface area (Å²) in [7, 11) is -2.26. The van der Waals surface area contributed by atoms with Gasteiger partial charge < -0.3 is 19.7 Å². The highest BCUT2D eigenvalue weighted by atomic mass is 32.2. The molecular formula is C18H27N3O5S. The predicted octanol–water partition coefficient (Wildman–Crippen LogP) is 0.0789. The summed E-state index contributed by atoms with van der Waals surface area (Å²) in [5, 5.41) is 3.26. The van der Waals surface area contributed by atoms with Gasteiger partial charge in [-0.15, -0.1) is 0 Å². The second-order valence-corrected chi connectivity index (χ2v) is 8.73. The molecule has 2 fully saturated rings. The van der Waals surface area contributed by atoms with Crippen LogP contribution in [-0.4, -0.2) is 82.6 Å². The number of hydrogen-bond acceptors (Lipinski definition) is 6. The summed E-state index contributed by atoms with van der Waals surface area (Å²) in [6.45, 7) is 5.59. The lowest BCUT2D eigenvalue weighted by Gasteiger charge is -2.34. The van der Waals surface area contributed by atoms with Crippen LogP contribution in [0.3, 0.4) is 0 Å². The van der Waals surface area contributed by atoms with Crippen LogP contribution in [0.5, 0.6) is 5.75 Å².